The summed E-state index contributed by atoms with van der Waals surface area (Å²) in [6.07, 6.45) is 1.98. The lowest BCUT2D eigenvalue weighted by molar-refractivity contribution is -0.133. The maximum atomic E-state index is 12.9. The van der Waals surface area contributed by atoms with E-state index in [-0.39, 0.29) is 36.8 Å². The maximum Gasteiger partial charge on any atom is 0.244 e. The molecule has 1 aliphatic rings. The van der Waals surface area contributed by atoms with Crippen molar-refractivity contribution in [3.63, 3.8) is 0 Å². The molecule has 0 spiro atoms. The molecule has 138 valence electrons. The molecular formula is C18H26Cl2N4O. The molecule has 0 saturated carbocycles. The molecule has 3 rings (SSSR count). The summed E-state index contributed by atoms with van der Waals surface area (Å²) >= 11 is 0. The zero-order valence-corrected chi connectivity index (χ0v) is 16.4. The largest absolute Gasteiger partial charge is 0.334 e. The average Bonchev–Trinajstić information content (AvgIpc) is 3.12. The molecule has 7 heteroatoms. The quantitative estimate of drug-likeness (QED) is 0.882. The minimum atomic E-state index is -0.603. The van der Waals surface area contributed by atoms with Gasteiger partial charge in [-0.05, 0) is 32.3 Å². The Morgan fingerprint density at radius 2 is 1.88 bits per heavy atom. The molecule has 1 amide bonds. The van der Waals surface area contributed by atoms with Crippen molar-refractivity contribution in [2.45, 2.75) is 38.8 Å². The van der Waals surface area contributed by atoms with Gasteiger partial charge in [0, 0.05) is 24.8 Å². The highest BCUT2D eigenvalue weighted by molar-refractivity contribution is 5.85. The van der Waals surface area contributed by atoms with Crippen molar-refractivity contribution in [3.8, 4) is 0 Å². The van der Waals surface area contributed by atoms with Crippen molar-refractivity contribution in [3.05, 3.63) is 52.8 Å². The second-order valence-corrected chi connectivity index (χ2v) is 6.29. The normalized spacial score (nSPS) is 17.6. The summed E-state index contributed by atoms with van der Waals surface area (Å²) in [6.45, 7) is 4.84. The molecule has 0 radical (unpaired) electrons. The van der Waals surface area contributed by atoms with Crippen LogP contribution >= 0.6 is 24.8 Å². The van der Waals surface area contributed by atoms with Crippen molar-refractivity contribution in [2.75, 3.05) is 6.54 Å². The summed E-state index contributed by atoms with van der Waals surface area (Å²) in [4.78, 5) is 14.9. The van der Waals surface area contributed by atoms with E-state index in [4.69, 9.17) is 5.73 Å². The van der Waals surface area contributed by atoms with Crippen molar-refractivity contribution < 1.29 is 4.79 Å². The van der Waals surface area contributed by atoms with Gasteiger partial charge < -0.3 is 10.6 Å². The van der Waals surface area contributed by atoms with Gasteiger partial charge in [-0.25, -0.2) is 0 Å². The number of hydrogen-bond donors (Lipinski definition) is 1. The Bertz CT molecular complexity index is 717. The lowest BCUT2D eigenvalue weighted by atomic mass is 10.0. The number of hydrogen-bond acceptors (Lipinski definition) is 3. The van der Waals surface area contributed by atoms with Gasteiger partial charge in [-0.2, -0.15) is 5.10 Å². The summed E-state index contributed by atoms with van der Waals surface area (Å²) in [7, 11) is 1.95. The third-order valence-electron chi connectivity index (χ3n) is 4.86. The summed E-state index contributed by atoms with van der Waals surface area (Å²) in [5, 5.41) is 4.50. The molecule has 1 aliphatic heterocycles. The van der Waals surface area contributed by atoms with Gasteiger partial charge in [0.2, 0.25) is 5.91 Å². The molecule has 2 aromatic rings. The van der Waals surface area contributed by atoms with Crippen molar-refractivity contribution in [2.24, 2.45) is 12.8 Å². The zero-order chi connectivity index (χ0) is 16.6. The summed E-state index contributed by atoms with van der Waals surface area (Å²) in [5.74, 6) is 0.00125. The van der Waals surface area contributed by atoms with Crippen LogP contribution in [0.15, 0.2) is 30.3 Å². The fourth-order valence-electron chi connectivity index (χ4n) is 3.58. The van der Waals surface area contributed by atoms with E-state index in [1.807, 2.05) is 53.9 Å². The topological polar surface area (TPSA) is 64.2 Å². The minimum absolute atomic E-state index is 0. The van der Waals surface area contributed by atoms with Crippen LogP contribution in [-0.2, 0) is 11.8 Å². The molecule has 1 saturated heterocycles. The molecule has 1 fully saturated rings. The third-order valence-corrected chi connectivity index (χ3v) is 4.86. The second kappa shape index (κ2) is 8.70. The van der Waals surface area contributed by atoms with Crippen molar-refractivity contribution in [1.82, 2.24) is 14.7 Å². The number of carbonyl (C=O) groups is 1. The van der Waals surface area contributed by atoms with Crippen molar-refractivity contribution in [1.29, 1.82) is 0 Å². The first-order valence-corrected chi connectivity index (χ1v) is 8.11. The molecular weight excluding hydrogens is 359 g/mol. The minimum Gasteiger partial charge on any atom is -0.334 e. The molecule has 0 bridgehead atoms. The van der Waals surface area contributed by atoms with E-state index in [1.54, 1.807) is 0 Å². The van der Waals surface area contributed by atoms with Crippen LogP contribution in [0.3, 0.4) is 0 Å². The number of aromatic nitrogens is 2. The van der Waals surface area contributed by atoms with Gasteiger partial charge in [-0.1, -0.05) is 30.3 Å². The Labute approximate surface area is 161 Å². The number of nitrogens with zero attached hydrogens (tertiary/aromatic N) is 3. The molecule has 0 aliphatic carbocycles. The Hall–Kier alpha value is -1.56. The third kappa shape index (κ3) is 4.00. The van der Waals surface area contributed by atoms with Gasteiger partial charge in [0.05, 0.1) is 11.7 Å². The number of benzene rings is 1. The number of likely N-dealkylation sites (tertiary alicyclic amines) is 1. The number of rotatable bonds is 3. The van der Waals surface area contributed by atoms with Gasteiger partial charge in [0.1, 0.15) is 6.04 Å². The molecule has 25 heavy (non-hydrogen) atoms. The van der Waals surface area contributed by atoms with Gasteiger partial charge in [-0.3, -0.25) is 9.48 Å². The number of aryl methyl sites for hydroxylation is 2. The average molecular weight is 385 g/mol. The summed E-state index contributed by atoms with van der Waals surface area (Å²) in [5.41, 5.74) is 10.4. The van der Waals surface area contributed by atoms with Crippen LogP contribution in [0.1, 0.15) is 47.4 Å². The van der Waals surface area contributed by atoms with Crippen LogP contribution in [0.2, 0.25) is 0 Å². The van der Waals surface area contributed by atoms with Crippen LogP contribution in [-0.4, -0.2) is 27.1 Å². The van der Waals surface area contributed by atoms with Crippen molar-refractivity contribution >= 4 is 30.7 Å². The molecule has 5 nitrogen and oxygen atoms in total. The van der Waals surface area contributed by atoms with E-state index in [9.17, 15) is 4.79 Å². The van der Waals surface area contributed by atoms with E-state index in [1.165, 1.54) is 5.56 Å². The van der Waals surface area contributed by atoms with E-state index in [2.05, 4.69) is 12.0 Å². The van der Waals surface area contributed by atoms with E-state index in [0.29, 0.717) is 0 Å². The SMILES string of the molecule is Cc1nn(C)c(C)c1C1CCCN1C(=O)C(N)c1ccccc1.Cl.Cl. The van der Waals surface area contributed by atoms with Gasteiger partial charge in [-0.15, -0.1) is 24.8 Å². The van der Waals surface area contributed by atoms with Crippen LogP contribution < -0.4 is 5.73 Å². The van der Waals surface area contributed by atoms with Crippen LogP contribution in [0, 0.1) is 13.8 Å². The number of carbonyl (C=O) groups excluding carboxylic acids is 1. The lowest BCUT2D eigenvalue weighted by Gasteiger charge is -2.28. The number of nitrogens with two attached hydrogens (primary N) is 1. The highest BCUT2D eigenvalue weighted by atomic mass is 35.5. The van der Waals surface area contributed by atoms with Gasteiger partial charge in [0.25, 0.3) is 0 Å². The van der Waals surface area contributed by atoms with Crippen LogP contribution in [0.4, 0.5) is 0 Å². The Balaban J connectivity index is 0.00000156. The first-order chi connectivity index (χ1) is 11.0. The van der Waals surface area contributed by atoms with E-state index >= 15 is 0 Å². The molecule has 1 aromatic heterocycles. The first kappa shape index (κ1) is 21.5. The number of halogens is 2. The zero-order valence-electron chi connectivity index (χ0n) is 14.8. The predicted molar refractivity (Wildman–Crippen MR) is 104 cm³/mol. The van der Waals surface area contributed by atoms with Gasteiger partial charge in [0.15, 0.2) is 0 Å². The highest BCUT2D eigenvalue weighted by Crippen LogP contribution is 2.36. The monoisotopic (exact) mass is 384 g/mol. The Kier molecular flexibility index (Phi) is 7.47. The lowest BCUT2D eigenvalue weighted by Crippen LogP contribution is -2.38. The first-order valence-electron chi connectivity index (χ1n) is 8.11. The molecule has 1 aromatic carbocycles. The smallest absolute Gasteiger partial charge is 0.244 e. The molecule has 2 atom stereocenters. The fraction of sp³-hybridized carbons (Fsp3) is 0.444. The molecule has 2 unspecified atom stereocenters. The predicted octanol–water partition coefficient (Wildman–Crippen LogP) is 3.24. The second-order valence-electron chi connectivity index (χ2n) is 6.29. The number of amides is 1. The Morgan fingerprint density at radius 1 is 1.24 bits per heavy atom. The fourth-order valence-corrected chi connectivity index (χ4v) is 3.58. The molecule has 2 heterocycles. The summed E-state index contributed by atoms with van der Waals surface area (Å²) < 4.78 is 1.89. The van der Waals surface area contributed by atoms with Crippen LogP contribution in [0.5, 0.6) is 0 Å². The van der Waals surface area contributed by atoms with Crippen LogP contribution in [0.25, 0.3) is 0 Å². The van der Waals surface area contributed by atoms with E-state index in [0.717, 1.165) is 36.3 Å². The standard InChI is InChI=1S/C18H24N4O.2ClH/c1-12-16(13(2)21(3)20-12)15-10-7-11-22(15)18(23)17(19)14-8-5-4-6-9-14;;/h4-6,8-9,15,17H,7,10-11,19H2,1-3H3;2*1H. The Morgan fingerprint density at radius 3 is 2.44 bits per heavy atom. The van der Waals surface area contributed by atoms with Gasteiger partial charge >= 0.3 is 0 Å². The molecule has 2 N–H and O–H groups in total. The highest BCUT2D eigenvalue weighted by Gasteiger charge is 2.35. The maximum absolute atomic E-state index is 12.9. The van der Waals surface area contributed by atoms with E-state index < -0.39 is 6.04 Å². The summed E-state index contributed by atoms with van der Waals surface area (Å²) in [6, 6.07) is 9.07.